The van der Waals surface area contributed by atoms with Gasteiger partial charge in [0.2, 0.25) is 0 Å². The van der Waals surface area contributed by atoms with Crippen LogP contribution in [0.5, 0.6) is 0 Å². The van der Waals surface area contributed by atoms with E-state index in [1.54, 1.807) is 11.1 Å². The molecule has 1 saturated heterocycles. The normalized spacial score (nSPS) is 31.8. The smallest absolute Gasteiger partial charge is 0.0423 e. The molecule has 0 aromatic heterocycles. The minimum atomic E-state index is 0. The van der Waals surface area contributed by atoms with Crippen molar-refractivity contribution in [3.8, 4) is 0 Å². The highest BCUT2D eigenvalue weighted by atomic mass is 35.5. The molecule has 2 aliphatic rings. The molecule has 0 amide bonds. The molecule has 4 heteroatoms. The van der Waals surface area contributed by atoms with Crippen molar-refractivity contribution in [1.82, 2.24) is 10.6 Å². The van der Waals surface area contributed by atoms with Gasteiger partial charge in [0, 0.05) is 25.2 Å². The molecule has 0 aliphatic carbocycles. The second kappa shape index (κ2) is 5.20. The third-order valence-electron chi connectivity index (χ3n) is 2.73. The average Bonchev–Trinajstić information content (AvgIpc) is 2.34. The van der Waals surface area contributed by atoms with E-state index in [0.29, 0.717) is 12.1 Å². The Kier molecular flexibility index (Phi) is 5.30. The first-order chi connectivity index (χ1) is 5.27. The van der Waals surface area contributed by atoms with Gasteiger partial charge in [-0.1, -0.05) is 5.57 Å². The molecule has 2 N–H and O–H groups in total. The Balaban J connectivity index is 0.000000720. The summed E-state index contributed by atoms with van der Waals surface area (Å²) in [4.78, 5) is 0. The third kappa shape index (κ3) is 2.59. The molecule has 2 rings (SSSR count). The average molecular weight is 225 g/mol. The fraction of sp³-hybridized carbons (Fsp3) is 0.778. The van der Waals surface area contributed by atoms with Gasteiger partial charge in [-0.3, -0.25) is 0 Å². The van der Waals surface area contributed by atoms with E-state index in [1.165, 1.54) is 6.42 Å². The van der Waals surface area contributed by atoms with Crippen LogP contribution in [0.4, 0.5) is 0 Å². The maximum absolute atomic E-state index is 3.59. The predicted molar refractivity (Wildman–Crippen MR) is 61.1 cm³/mol. The Hall–Kier alpha value is 0.240. The van der Waals surface area contributed by atoms with Crippen LogP contribution in [0.15, 0.2) is 11.1 Å². The second-order valence-electron chi connectivity index (χ2n) is 3.76. The van der Waals surface area contributed by atoms with Gasteiger partial charge in [0.1, 0.15) is 0 Å². The number of fused-ring (bicyclic) bond motifs is 1. The quantitative estimate of drug-likeness (QED) is 0.610. The Morgan fingerprint density at radius 2 is 2.00 bits per heavy atom. The lowest BCUT2D eigenvalue weighted by atomic mass is 9.94. The summed E-state index contributed by atoms with van der Waals surface area (Å²) >= 11 is 0. The van der Waals surface area contributed by atoms with Crippen LogP contribution in [0.1, 0.15) is 20.3 Å². The summed E-state index contributed by atoms with van der Waals surface area (Å²) in [5, 5.41) is 6.98. The Labute approximate surface area is 92.4 Å². The molecule has 1 fully saturated rings. The van der Waals surface area contributed by atoms with Gasteiger partial charge in [0.25, 0.3) is 0 Å². The van der Waals surface area contributed by atoms with Gasteiger partial charge < -0.3 is 10.6 Å². The van der Waals surface area contributed by atoms with Crippen LogP contribution in [-0.4, -0.2) is 25.2 Å². The summed E-state index contributed by atoms with van der Waals surface area (Å²) < 4.78 is 0. The van der Waals surface area contributed by atoms with E-state index >= 15 is 0 Å². The van der Waals surface area contributed by atoms with Crippen molar-refractivity contribution >= 4 is 24.8 Å². The van der Waals surface area contributed by atoms with Crippen LogP contribution in [0.25, 0.3) is 0 Å². The summed E-state index contributed by atoms with van der Waals surface area (Å²) in [6.07, 6.45) is 1.23. The van der Waals surface area contributed by atoms with E-state index in [2.05, 4.69) is 24.5 Å². The molecule has 2 unspecified atom stereocenters. The lowest BCUT2D eigenvalue weighted by molar-refractivity contribution is 0.467. The summed E-state index contributed by atoms with van der Waals surface area (Å²) in [6.45, 7) is 6.76. The SMILES string of the molecule is CC1=C2CNCC2NC(C)C1.Cl.Cl. The highest BCUT2D eigenvalue weighted by molar-refractivity contribution is 5.85. The van der Waals surface area contributed by atoms with Gasteiger partial charge in [0.05, 0.1) is 0 Å². The van der Waals surface area contributed by atoms with Gasteiger partial charge in [-0.25, -0.2) is 0 Å². The largest absolute Gasteiger partial charge is 0.311 e. The minimum absolute atomic E-state index is 0. The summed E-state index contributed by atoms with van der Waals surface area (Å²) in [5.74, 6) is 0. The topological polar surface area (TPSA) is 24.1 Å². The highest BCUT2D eigenvalue weighted by Gasteiger charge is 2.27. The van der Waals surface area contributed by atoms with Crippen molar-refractivity contribution in [3.63, 3.8) is 0 Å². The van der Waals surface area contributed by atoms with Gasteiger partial charge >= 0.3 is 0 Å². The van der Waals surface area contributed by atoms with Crippen LogP contribution in [0.3, 0.4) is 0 Å². The molecule has 0 radical (unpaired) electrons. The predicted octanol–water partition coefficient (Wildman–Crippen LogP) is 1.50. The third-order valence-corrected chi connectivity index (χ3v) is 2.73. The first-order valence-electron chi connectivity index (χ1n) is 4.42. The summed E-state index contributed by atoms with van der Waals surface area (Å²) in [6, 6.07) is 1.31. The van der Waals surface area contributed by atoms with Crippen molar-refractivity contribution in [1.29, 1.82) is 0 Å². The van der Waals surface area contributed by atoms with Gasteiger partial charge in [0.15, 0.2) is 0 Å². The zero-order valence-corrected chi connectivity index (χ0v) is 9.73. The number of hydrogen-bond acceptors (Lipinski definition) is 2. The fourth-order valence-electron chi connectivity index (χ4n) is 2.20. The molecular weight excluding hydrogens is 207 g/mol. The zero-order chi connectivity index (χ0) is 7.84. The van der Waals surface area contributed by atoms with Crippen LogP contribution < -0.4 is 10.6 Å². The zero-order valence-electron chi connectivity index (χ0n) is 8.09. The maximum atomic E-state index is 3.59. The number of hydrogen-bond donors (Lipinski definition) is 2. The highest BCUT2D eigenvalue weighted by Crippen LogP contribution is 2.22. The first-order valence-corrected chi connectivity index (χ1v) is 4.42. The number of halogens is 2. The molecule has 0 aromatic carbocycles. The second-order valence-corrected chi connectivity index (χ2v) is 3.76. The molecule has 2 heterocycles. The standard InChI is InChI=1S/C9H16N2.2ClH/c1-6-3-7(2)11-9-5-10-4-8(6)9;;/h7,9-11H,3-5H2,1-2H3;2*1H. The molecule has 0 aromatic rings. The fourth-order valence-corrected chi connectivity index (χ4v) is 2.20. The van der Waals surface area contributed by atoms with E-state index < -0.39 is 0 Å². The molecule has 78 valence electrons. The number of rotatable bonds is 0. The Morgan fingerprint density at radius 1 is 1.31 bits per heavy atom. The Bertz CT molecular complexity index is 204. The van der Waals surface area contributed by atoms with E-state index in [1.807, 2.05) is 0 Å². The van der Waals surface area contributed by atoms with Crippen molar-refractivity contribution in [2.75, 3.05) is 13.1 Å². The van der Waals surface area contributed by atoms with Gasteiger partial charge in [-0.05, 0) is 25.8 Å². The van der Waals surface area contributed by atoms with E-state index in [0.717, 1.165) is 13.1 Å². The summed E-state index contributed by atoms with van der Waals surface area (Å²) in [7, 11) is 0. The molecule has 0 saturated carbocycles. The van der Waals surface area contributed by atoms with Crippen LogP contribution >= 0.6 is 24.8 Å². The van der Waals surface area contributed by atoms with Gasteiger partial charge in [-0.2, -0.15) is 0 Å². The molecule has 0 bridgehead atoms. The Morgan fingerprint density at radius 3 is 2.69 bits per heavy atom. The van der Waals surface area contributed by atoms with Crippen LogP contribution in [0.2, 0.25) is 0 Å². The molecule has 2 nitrogen and oxygen atoms in total. The van der Waals surface area contributed by atoms with E-state index in [4.69, 9.17) is 0 Å². The van der Waals surface area contributed by atoms with Crippen LogP contribution in [0, 0.1) is 0 Å². The van der Waals surface area contributed by atoms with Crippen molar-refractivity contribution in [2.24, 2.45) is 0 Å². The monoisotopic (exact) mass is 224 g/mol. The molecule has 2 atom stereocenters. The molecule has 13 heavy (non-hydrogen) atoms. The molecular formula is C9H18Cl2N2. The van der Waals surface area contributed by atoms with Crippen molar-refractivity contribution in [3.05, 3.63) is 11.1 Å². The molecule has 2 aliphatic heterocycles. The van der Waals surface area contributed by atoms with Crippen molar-refractivity contribution in [2.45, 2.75) is 32.4 Å². The van der Waals surface area contributed by atoms with E-state index in [9.17, 15) is 0 Å². The molecule has 0 spiro atoms. The maximum Gasteiger partial charge on any atom is 0.0423 e. The van der Waals surface area contributed by atoms with Gasteiger partial charge in [-0.15, -0.1) is 24.8 Å². The van der Waals surface area contributed by atoms with Crippen molar-refractivity contribution < 1.29 is 0 Å². The lowest BCUT2D eigenvalue weighted by Gasteiger charge is -2.27. The minimum Gasteiger partial charge on any atom is -0.311 e. The summed E-state index contributed by atoms with van der Waals surface area (Å²) in [5.41, 5.74) is 3.22. The van der Waals surface area contributed by atoms with E-state index in [-0.39, 0.29) is 24.8 Å². The first kappa shape index (κ1) is 13.2. The van der Waals surface area contributed by atoms with Crippen LogP contribution in [-0.2, 0) is 0 Å². The lowest BCUT2D eigenvalue weighted by Crippen LogP contribution is -2.42. The number of nitrogens with one attached hydrogen (secondary N) is 2.